The van der Waals surface area contributed by atoms with Gasteiger partial charge in [-0.1, -0.05) is 0 Å². The normalized spacial score (nSPS) is 9.71. The molecule has 0 spiro atoms. The summed E-state index contributed by atoms with van der Waals surface area (Å²) in [7, 11) is 3.20. The van der Waals surface area contributed by atoms with Gasteiger partial charge in [0.05, 0.1) is 19.8 Å². The molecule has 1 heterocycles. The third-order valence-electron chi connectivity index (χ3n) is 2.26. The smallest absolute Gasteiger partial charge is 0.152 e. The average molecular weight is 246 g/mol. The molecule has 0 saturated heterocycles. The van der Waals surface area contributed by atoms with Crippen molar-refractivity contribution in [1.82, 2.24) is 4.98 Å². The second kappa shape index (κ2) is 4.85. The summed E-state index contributed by atoms with van der Waals surface area (Å²) < 4.78 is 10.4. The first kappa shape index (κ1) is 11.4. The molecule has 4 nitrogen and oxygen atoms in total. The average Bonchev–Trinajstić information content (AvgIpc) is 2.86. The van der Waals surface area contributed by atoms with Crippen molar-refractivity contribution in [1.29, 1.82) is 5.26 Å². The molecule has 2 aromatic rings. The predicted molar refractivity (Wildman–Crippen MR) is 65.4 cm³/mol. The van der Waals surface area contributed by atoms with E-state index >= 15 is 0 Å². The van der Waals surface area contributed by atoms with Gasteiger partial charge in [0.25, 0.3) is 0 Å². The SMILES string of the molecule is COc1ccc(-c2nc(C#N)cs2)c(OC)c1. The highest BCUT2D eigenvalue weighted by atomic mass is 32.1. The number of nitriles is 1. The Kier molecular flexibility index (Phi) is 3.26. The molecule has 0 amide bonds. The van der Waals surface area contributed by atoms with E-state index in [1.807, 2.05) is 18.2 Å². The zero-order valence-electron chi connectivity index (χ0n) is 9.43. The number of nitrogens with zero attached hydrogens (tertiary/aromatic N) is 2. The molecule has 5 heteroatoms. The van der Waals surface area contributed by atoms with Crippen molar-refractivity contribution < 1.29 is 9.47 Å². The number of hydrogen-bond acceptors (Lipinski definition) is 5. The Bertz CT molecular complexity index is 572. The van der Waals surface area contributed by atoms with Crippen molar-refractivity contribution in [2.24, 2.45) is 0 Å². The van der Waals surface area contributed by atoms with Crippen molar-refractivity contribution in [3.8, 4) is 28.1 Å². The zero-order valence-corrected chi connectivity index (χ0v) is 10.2. The summed E-state index contributed by atoms with van der Waals surface area (Å²) in [5.74, 6) is 1.41. The first-order valence-corrected chi connectivity index (χ1v) is 5.74. The van der Waals surface area contributed by atoms with Crippen LogP contribution in [0.4, 0.5) is 0 Å². The number of methoxy groups -OCH3 is 2. The fourth-order valence-electron chi connectivity index (χ4n) is 1.42. The van der Waals surface area contributed by atoms with E-state index in [4.69, 9.17) is 14.7 Å². The van der Waals surface area contributed by atoms with E-state index in [1.165, 1.54) is 11.3 Å². The molecule has 0 fully saturated rings. The Hall–Kier alpha value is -2.06. The first-order chi connectivity index (χ1) is 8.28. The Morgan fingerprint density at radius 1 is 1.29 bits per heavy atom. The molecule has 1 aromatic heterocycles. The van der Waals surface area contributed by atoms with Gasteiger partial charge in [0.15, 0.2) is 5.69 Å². The van der Waals surface area contributed by atoms with Gasteiger partial charge in [-0.2, -0.15) is 5.26 Å². The quantitative estimate of drug-likeness (QED) is 0.835. The molecule has 0 bridgehead atoms. The molecule has 0 N–H and O–H groups in total. The van der Waals surface area contributed by atoms with E-state index in [1.54, 1.807) is 25.7 Å². The van der Waals surface area contributed by atoms with Crippen molar-refractivity contribution in [3.05, 3.63) is 29.3 Å². The molecule has 0 saturated carbocycles. The highest BCUT2D eigenvalue weighted by Gasteiger charge is 2.11. The molecule has 0 radical (unpaired) electrons. The van der Waals surface area contributed by atoms with Gasteiger partial charge in [-0.3, -0.25) is 0 Å². The molecule has 2 rings (SSSR count). The number of aromatic nitrogens is 1. The summed E-state index contributed by atoms with van der Waals surface area (Å²) in [4.78, 5) is 4.20. The van der Waals surface area contributed by atoms with Gasteiger partial charge < -0.3 is 9.47 Å². The van der Waals surface area contributed by atoms with E-state index in [0.717, 1.165) is 16.3 Å². The Morgan fingerprint density at radius 3 is 2.71 bits per heavy atom. The lowest BCUT2D eigenvalue weighted by Gasteiger charge is -2.07. The number of benzene rings is 1. The van der Waals surface area contributed by atoms with Crippen LogP contribution < -0.4 is 9.47 Å². The fourth-order valence-corrected chi connectivity index (χ4v) is 2.20. The van der Waals surface area contributed by atoms with Gasteiger partial charge in [0, 0.05) is 11.4 Å². The maximum Gasteiger partial charge on any atom is 0.152 e. The topological polar surface area (TPSA) is 55.1 Å². The molecule has 0 atom stereocenters. The van der Waals surface area contributed by atoms with Gasteiger partial charge in [0.2, 0.25) is 0 Å². The maximum atomic E-state index is 8.75. The van der Waals surface area contributed by atoms with Gasteiger partial charge >= 0.3 is 0 Å². The Labute approximate surface area is 103 Å². The van der Waals surface area contributed by atoms with Crippen LogP contribution in [0.2, 0.25) is 0 Å². The van der Waals surface area contributed by atoms with E-state index < -0.39 is 0 Å². The summed E-state index contributed by atoms with van der Waals surface area (Å²) in [5.41, 5.74) is 1.28. The Morgan fingerprint density at radius 2 is 2.12 bits per heavy atom. The summed E-state index contributed by atoms with van der Waals surface area (Å²) >= 11 is 1.42. The van der Waals surface area contributed by atoms with Crippen LogP contribution in [-0.4, -0.2) is 19.2 Å². The Balaban J connectivity index is 2.48. The number of rotatable bonds is 3. The summed E-state index contributed by atoms with van der Waals surface area (Å²) in [5, 5.41) is 11.2. The van der Waals surface area contributed by atoms with Gasteiger partial charge in [-0.05, 0) is 12.1 Å². The second-order valence-electron chi connectivity index (χ2n) is 3.22. The van der Waals surface area contributed by atoms with Gasteiger partial charge in [0.1, 0.15) is 22.6 Å². The molecule has 86 valence electrons. The van der Waals surface area contributed by atoms with Crippen LogP contribution in [0.3, 0.4) is 0 Å². The lowest BCUT2D eigenvalue weighted by atomic mass is 10.2. The summed E-state index contributed by atoms with van der Waals surface area (Å²) in [6, 6.07) is 7.52. The van der Waals surface area contributed by atoms with E-state index in [0.29, 0.717) is 11.4 Å². The van der Waals surface area contributed by atoms with E-state index in [9.17, 15) is 0 Å². The minimum absolute atomic E-state index is 0.419. The summed E-state index contributed by atoms with van der Waals surface area (Å²) in [6.07, 6.45) is 0. The predicted octanol–water partition coefficient (Wildman–Crippen LogP) is 2.70. The van der Waals surface area contributed by atoms with E-state index in [-0.39, 0.29) is 0 Å². The van der Waals surface area contributed by atoms with Crippen LogP contribution in [0.25, 0.3) is 10.6 Å². The van der Waals surface area contributed by atoms with Gasteiger partial charge in [-0.25, -0.2) is 4.98 Å². The van der Waals surface area contributed by atoms with Crippen molar-refractivity contribution in [2.45, 2.75) is 0 Å². The van der Waals surface area contributed by atoms with Crippen LogP contribution in [-0.2, 0) is 0 Å². The standard InChI is InChI=1S/C12H10N2O2S/c1-15-9-3-4-10(11(5-9)16-2)12-14-8(6-13)7-17-12/h3-5,7H,1-2H3. The van der Waals surface area contributed by atoms with Crippen LogP contribution in [0.5, 0.6) is 11.5 Å². The second-order valence-corrected chi connectivity index (χ2v) is 4.07. The van der Waals surface area contributed by atoms with Crippen LogP contribution >= 0.6 is 11.3 Å². The van der Waals surface area contributed by atoms with E-state index in [2.05, 4.69) is 4.98 Å². The minimum atomic E-state index is 0.419. The lowest BCUT2D eigenvalue weighted by molar-refractivity contribution is 0.395. The van der Waals surface area contributed by atoms with Crippen LogP contribution in [0.15, 0.2) is 23.6 Å². The van der Waals surface area contributed by atoms with Crippen molar-refractivity contribution in [2.75, 3.05) is 14.2 Å². The third kappa shape index (κ3) is 2.22. The number of thiazole rings is 1. The number of hydrogen-bond donors (Lipinski definition) is 0. The summed E-state index contributed by atoms with van der Waals surface area (Å²) in [6.45, 7) is 0. The maximum absolute atomic E-state index is 8.75. The molecular weight excluding hydrogens is 236 g/mol. The fraction of sp³-hybridized carbons (Fsp3) is 0.167. The number of ether oxygens (including phenoxy) is 2. The van der Waals surface area contributed by atoms with Gasteiger partial charge in [-0.15, -0.1) is 11.3 Å². The highest BCUT2D eigenvalue weighted by molar-refractivity contribution is 7.13. The lowest BCUT2D eigenvalue weighted by Crippen LogP contribution is -1.90. The molecule has 1 aromatic carbocycles. The minimum Gasteiger partial charge on any atom is -0.497 e. The zero-order chi connectivity index (χ0) is 12.3. The molecule has 0 aliphatic carbocycles. The highest BCUT2D eigenvalue weighted by Crippen LogP contribution is 2.34. The first-order valence-electron chi connectivity index (χ1n) is 4.86. The molecule has 0 aliphatic heterocycles. The molecule has 17 heavy (non-hydrogen) atoms. The third-order valence-corrected chi connectivity index (χ3v) is 3.13. The molecule has 0 aliphatic rings. The molecular formula is C12H10N2O2S. The van der Waals surface area contributed by atoms with Crippen LogP contribution in [0, 0.1) is 11.3 Å². The molecule has 0 unspecified atom stereocenters. The van der Waals surface area contributed by atoms with Crippen LogP contribution in [0.1, 0.15) is 5.69 Å². The monoisotopic (exact) mass is 246 g/mol. The van der Waals surface area contributed by atoms with Crippen molar-refractivity contribution in [3.63, 3.8) is 0 Å². The van der Waals surface area contributed by atoms with Crippen molar-refractivity contribution >= 4 is 11.3 Å². The largest absolute Gasteiger partial charge is 0.497 e.